The van der Waals surface area contributed by atoms with E-state index in [4.69, 9.17) is 54.3 Å². The molecule has 0 aliphatic carbocycles. The van der Waals surface area contributed by atoms with Gasteiger partial charge in [0.1, 0.15) is 15.5 Å². The van der Waals surface area contributed by atoms with E-state index in [-0.39, 0.29) is 0 Å². The first-order chi connectivity index (χ1) is 69.8. The molecule has 0 aliphatic heterocycles. The predicted molar refractivity (Wildman–Crippen MR) is 584 cm³/mol. The highest BCUT2D eigenvalue weighted by molar-refractivity contribution is 7.22. The van der Waals surface area contributed by atoms with Crippen LogP contribution in [0.25, 0.3) is 264 Å². The number of rotatable bonds is 15. The third-order valence-electron chi connectivity index (χ3n) is 25.9. The molecule has 6 heterocycles. The molecule has 0 unspecified atom stereocenters. The maximum Gasteiger partial charge on any atom is 0.227 e. The van der Waals surface area contributed by atoms with E-state index in [2.05, 4.69) is 340 Å². The van der Waals surface area contributed by atoms with Gasteiger partial charge in [0.25, 0.3) is 0 Å². The first-order valence-corrected chi connectivity index (χ1v) is 48.6. The smallest absolute Gasteiger partial charge is 0.227 e. The summed E-state index contributed by atoms with van der Waals surface area (Å²) in [7, 11) is 0. The molecule has 0 amide bonds. The van der Waals surface area contributed by atoms with Crippen LogP contribution in [0.4, 0.5) is 0 Å². The summed E-state index contributed by atoms with van der Waals surface area (Å²) in [4.78, 5) is 50.4. The van der Waals surface area contributed by atoms with Crippen LogP contribution >= 0.6 is 22.7 Å². The van der Waals surface area contributed by atoms with Crippen molar-refractivity contribution in [2.24, 2.45) is 0 Å². The van der Waals surface area contributed by atoms with Crippen molar-refractivity contribution in [1.82, 2.24) is 49.8 Å². The summed E-state index contributed by atoms with van der Waals surface area (Å²) < 4.78 is 8.81. The van der Waals surface area contributed by atoms with E-state index in [1.54, 1.807) is 22.7 Å². The highest BCUT2D eigenvalue weighted by atomic mass is 32.1. The van der Waals surface area contributed by atoms with Crippen LogP contribution in [-0.2, 0) is 0 Å². The van der Waals surface area contributed by atoms with Gasteiger partial charge in [0, 0.05) is 82.9 Å². The third kappa shape index (κ3) is 16.9. The summed E-state index contributed by atoms with van der Waals surface area (Å²) in [6, 6.07) is 168. The van der Waals surface area contributed by atoms with E-state index in [1.807, 2.05) is 146 Å². The highest BCUT2D eigenvalue weighted by Gasteiger charge is 2.23. The van der Waals surface area contributed by atoms with Crippen LogP contribution in [0.15, 0.2) is 490 Å². The molecular weight excluding hydrogens is 1760 g/mol. The molecule has 21 aromatic carbocycles. The second kappa shape index (κ2) is 37.0. The Morgan fingerprint density at radius 2 is 0.440 bits per heavy atom. The number of hydrogen-bond donors (Lipinski definition) is 0. The SMILES string of the molecule is c1ccc(-c2cccc(-c3cc(-c4ccccc4)nc(-c4ccc5c(ccc6ccc7nc(-c8ccccc8)oc7c65)c4)n3)c2)cc1.c1ccc(-c2cccc(-c3cc(-c4ccccc4)nc(-c4ccc5c(ccc6ccc7sc(-c8ccccc8)nc7c65)c4)n3)c2)cc1.c1ccc(-c2nc(-c3ccccc3)nc(-c3cccc(-c4ccc5c(ccc6ccc7sc(-c8ccccc8)nc7c65)c4)c3)n2)cc1. The van der Waals surface area contributed by atoms with Crippen LogP contribution in [0, 0.1) is 0 Å². The minimum atomic E-state index is 0.622. The molecule has 0 aliphatic rings. The van der Waals surface area contributed by atoms with Gasteiger partial charge in [-0.15, -0.1) is 22.7 Å². The molecule has 0 radical (unpaired) electrons. The summed E-state index contributed by atoms with van der Waals surface area (Å²) in [5.41, 5.74) is 26.4. The van der Waals surface area contributed by atoms with Crippen LogP contribution < -0.4 is 0 Å². The van der Waals surface area contributed by atoms with Gasteiger partial charge in [-0.1, -0.05) is 406 Å². The van der Waals surface area contributed by atoms with E-state index in [1.165, 1.54) is 58.2 Å². The van der Waals surface area contributed by atoms with Gasteiger partial charge in [0.2, 0.25) is 5.89 Å². The summed E-state index contributed by atoms with van der Waals surface area (Å²) in [6.07, 6.45) is 0. The second-order valence-corrected chi connectivity index (χ2v) is 36.9. The van der Waals surface area contributed by atoms with Crippen LogP contribution in [-0.4, -0.2) is 49.8 Å². The summed E-state index contributed by atoms with van der Waals surface area (Å²) >= 11 is 3.49. The third-order valence-corrected chi connectivity index (χ3v) is 28.1. The van der Waals surface area contributed by atoms with Crippen LogP contribution in [0.2, 0.25) is 0 Å². The molecule has 0 saturated heterocycles. The molecule has 0 saturated carbocycles. The molecule has 27 aromatic rings. The van der Waals surface area contributed by atoms with E-state index >= 15 is 0 Å². The van der Waals surface area contributed by atoms with E-state index in [0.29, 0.717) is 35.0 Å². The number of hydrogen-bond acceptors (Lipinski definition) is 13. The number of aromatic nitrogens is 10. The molecular formula is C128H80N10OS2. The Balaban J connectivity index is 0.000000111. The number of fused-ring (bicyclic) bond motifs is 15. The van der Waals surface area contributed by atoms with E-state index < -0.39 is 0 Å². The van der Waals surface area contributed by atoms with Crippen molar-refractivity contribution in [2.45, 2.75) is 0 Å². The van der Waals surface area contributed by atoms with Gasteiger partial charge in [-0.2, -0.15) is 0 Å². The molecule has 0 spiro atoms. The minimum absolute atomic E-state index is 0.622. The lowest BCUT2D eigenvalue weighted by atomic mass is 9.96. The Labute approximate surface area is 820 Å². The van der Waals surface area contributed by atoms with Crippen molar-refractivity contribution in [1.29, 1.82) is 0 Å². The van der Waals surface area contributed by atoms with Crippen LogP contribution in [0.1, 0.15) is 0 Å². The molecule has 27 rings (SSSR count). The summed E-state index contributed by atoms with van der Waals surface area (Å²) in [5, 5.41) is 15.9. The fourth-order valence-corrected chi connectivity index (χ4v) is 20.9. The Bertz CT molecular complexity index is 8990. The Morgan fingerprint density at radius 3 is 0.865 bits per heavy atom. The van der Waals surface area contributed by atoms with Gasteiger partial charge in [0.15, 0.2) is 34.7 Å². The van der Waals surface area contributed by atoms with Gasteiger partial charge in [-0.3, -0.25) is 0 Å². The molecule has 0 bridgehead atoms. The normalized spacial score (nSPS) is 11.4. The zero-order valence-electron chi connectivity index (χ0n) is 75.9. The number of thiazole rings is 2. The number of oxazole rings is 1. The number of benzene rings is 21. The topological polar surface area (TPSA) is 142 Å². The van der Waals surface area contributed by atoms with Gasteiger partial charge in [-0.05, 0) is 161 Å². The summed E-state index contributed by atoms with van der Waals surface area (Å²) in [6.45, 7) is 0. The largest absolute Gasteiger partial charge is 0.435 e. The molecule has 6 aromatic heterocycles. The lowest BCUT2D eigenvalue weighted by Gasteiger charge is -2.12. The molecule has 0 atom stereocenters. The van der Waals surface area contributed by atoms with Crippen LogP contribution in [0.5, 0.6) is 0 Å². The lowest BCUT2D eigenvalue weighted by Crippen LogP contribution is -2.00. The first-order valence-electron chi connectivity index (χ1n) is 46.9. The maximum atomic E-state index is 6.43. The van der Waals surface area contributed by atoms with Crippen molar-refractivity contribution >= 4 is 119 Å². The molecule has 0 fully saturated rings. The minimum Gasteiger partial charge on any atom is -0.435 e. The highest BCUT2D eigenvalue weighted by Crippen LogP contribution is 2.45. The molecule has 13 heteroatoms. The standard InChI is InChI=1S/C43H27N3O.C43H27N3S.C42H26N4S/c1-4-11-28(12-5-1)32-17-10-18-34(25-32)39-27-38(29-13-6-2-7-14-29)44-42(45-39)35-21-23-36-33(26-35)20-19-30-22-24-37-41(40(30)36)47-43(46-37)31-15-8-3-9-16-31;1-4-11-28(12-5-1)32-17-10-18-34(25-32)38-27-37(29-13-6-2-7-14-29)44-42(45-38)35-21-23-36-33(26-35)20-19-30-22-24-39-41(40(30)36)46-43(47-39)31-15-8-3-9-16-31;1-4-11-28(12-5-1)39-44-40(29-13-6-2-7-14-29)46-41(45-39)34-18-10-17-31(26-34)32-21-23-35-33(25-32)20-19-27-22-24-36-38(37(27)35)43-42(47-36)30-15-8-3-9-16-30/h2*1-27H;1-26H. The zero-order valence-corrected chi connectivity index (χ0v) is 77.5. The van der Waals surface area contributed by atoms with Gasteiger partial charge in [0.05, 0.1) is 43.2 Å². The Morgan fingerprint density at radius 1 is 0.163 bits per heavy atom. The Hall–Kier alpha value is -18.4. The molecule has 11 nitrogen and oxygen atoms in total. The predicted octanol–water partition coefficient (Wildman–Crippen LogP) is 34.1. The van der Waals surface area contributed by atoms with Crippen molar-refractivity contribution < 1.29 is 4.42 Å². The van der Waals surface area contributed by atoms with Crippen molar-refractivity contribution in [3.8, 4) is 168 Å². The average Bonchev–Trinajstić information content (AvgIpc) is 1.72. The summed E-state index contributed by atoms with van der Waals surface area (Å²) in [5.74, 6) is 3.95. The van der Waals surface area contributed by atoms with Crippen molar-refractivity contribution in [3.05, 3.63) is 485 Å². The monoisotopic (exact) mass is 1840 g/mol. The fourth-order valence-electron chi connectivity index (χ4n) is 18.9. The van der Waals surface area contributed by atoms with Crippen LogP contribution in [0.3, 0.4) is 0 Å². The maximum absolute atomic E-state index is 6.43. The first kappa shape index (κ1) is 84.4. The van der Waals surface area contributed by atoms with E-state index in [9.17, 15) is 0 Å². The van der Waals surface area contributed by atoms with Crippen molar-refractivity contribution in [2.75, 3.05) is 0 Å². The zero-order chi connectivity index (χ0) is 93.5. The van der Waals surface area contributed by atoms with E-state index in [0.717, 1.165) is 171 Å². The fraction of sp³-hybridized carbons (Fsp3) is 0. The second-order valence-electron chi connectivity index (χ2n) is 34.9. The lowest BCUT2D eigenvalue weighted by molar-refractivity contribution is 0.623. The Kier molecular flexibility index (Phi) is 22.1. The molecule has 141 heavy (non-hydrogen) atoms. The molecule has 660 valence electrons. The van der Waals surface area contributed by atoms with Crippen molar-refractivity contribution in [3.63, 3.8) is 0 Å². The van der Waals surface area contributed by atoms with Gasteiger partial charge >= 0.3 is 0 Å². The molecule has 0 N–H and O–H groups in total. The quantitative estimate of drug-likeness (QED) is 0.0905. The number of nitrogens with zero attached hydrogens (tertiary/aromatic N) is 10. The van der Waals surface area contributed by atoms with Gasteiger partial charge < -0.3 is 4.42 Å². The average molecular weight is 1840 g/mol. The van der Waals surface area contributed by atoms with Gasteiger partial charge in [-0.25, -0.2) is 49.8 Å².